The first-order chi connectivity index (χ1) is 12.6. The Morgan fingerprint density at radius 3 is 2.73 bits per heavy atom. The average Bonchev–Trinajstić information content (AvgIpc) is 2.66. The molecular weight excluding hydrogens is 324 g/mol. The number of hydrogen-bond donors (Lipinski definition) is 1. The molecule has 3 rings (SSSR count). The van der Waals surface area contributed by atoms with Crippen molar-refractivity contribution >= 4 is 17.7 Å². The zero-order valence-corrected chi connectivity index (χ0v) is 15.4. The first kappa shape index (κ1) is 17.9. The maximum Gasteiger partial charge on any atom is 0.268 e. The number of hydrogen-bond acceptors (Lipinski definition) is 4. The Labute approximate surface area is 153 Å². The minimum Gasteiger partial charge on any atom is -0.367 e. The zero-order chi connectivity index (χ0) is 18.5. The van der Waals surface area contributed by atoms with Crippen LogP contribution in [-0.2, 0) is 6.54 Å². The Bertz CT molecular complexity index is 976. The van der Waals surface area contributed by atoms with Gasteiger partial charge in [-0.15, -0.1) is 0 Å². The SMILES string of the molecule is CCC(C)Nc1nc2c(C)cccn2c(=O)c1C=NCc1ccccc1. The molecule has 134 valence electrons. The number of fused-ring (bicyclic) bond motifs is 1. The van der Waals surface area contributed by atoms with Gasteiger partial charge in [0, 0.05) is 18.5 Å². The highest BCUT2D eigenvalue weighted by molar-refractivity contribution is 5.86. The molecule has 0 saturated heterocycles. The van der Waals surface area contributed by atoms with Gasteiger partial charge in [-0.3, -0.25) is 14.2 Å². The fourth-order valence-electron chi connectivity index (χ4n) is 2.70. The molecule has 0 bridgehead atoms. The predicted molar refractivity (Wildman–Crippen MR) is 107 cm³/mol. The lowest BCUT2D eigenvalue weighted by molar-refractivity contribution is 0.758. The molecule has 0 aliphatic heterocycles. The molecule has 0 amide bonds. The van der Waals surface area contributed by atoms with Gasteiger partial charge in [0.25, 0.3) is 5.56 Å². The lowest BCUT2D eigenvalue weighted by Crippen LogP contribution is -2.25. The standard InChI is InChI=1S/C21H24N4O/c1-4-16(3)23-19-18(14-22-13-17-10-6-5-7-11-17)21(26)25-12-8-9-15(2)20(25)24-19/h5-12,14,16,23H,4,13H2,1-3H3. The van der Waals surface area contributed by atoms with E-state index in [1.807, 2.05) is 49.4 Å². The fourth-order valence-corrected chi connectivity index (χ4v) is 2.70. The summed E-state index contributed by atoms with van der Waals surface area (Å²) in [6.07, 6.45) is 4.33. The minimum absolute atomic E-state index is 0.110. The number of aromatic nitrogens is 2. The fraction of sp³-hybridized carbons (Fsp3) is 0.286. The van der Waals surface area contributed by atoms with Gasteiger partial charge in [0.1, 0.15) is 17.0 Å². The number of rotatable bonds is 6. The minimum atomic E-state index is -0.110. The third-order valence-electron chi connectivity index (χ3n) is 4.42. The van der Waals surface area contributed by atoms with Crippen LogP contribution in [0, 0.1) is 6.92 Å². The predicted octanol–water partition coefficient (Wildman–Crippen LogP) is 3.83. The van der Waals surface area contributed by atoms with Gasteiger partial charge in [0.05, 0.1) is 6.54 Å². The molecule has 26 heavy (non-hydrogen) atoms. The highest BCUT2D eigenvalue weighted by Crippen LogP contribution is 2.14. The number of aryl methyl sites for hydroxylation is 1. The maximum atomic E-state index is 13.0. The van der Waals surface area contributed by atoms with Gasteiger partial charge in [-0.25, -0.2) is 4.98 Å². The van der Waals surface area contributed by atoms with Gasteiger partial charge >= 0.3 is 0 Å². The van der Waals surface area contributed by atoms with Crippen LogP contribution in [0.2, 0.25) is 0 Å². The normalized spacial score (nSPS) is 12.6. The Morgan fingerprint density at radius 2 is 2.00 bits per heavy atom. The van der Waals surface area contributed by atoms with Crippen molar-refractivity contribution in [1.82, 2.24) is 9.38 Å². The molecule has 1 atom stereocenters. The summed E-state index contributed by atoms with van der Waals surface area (Å²) in [6, 6.07) is 14.0. The average molecular weight is 348 g/mol. The van der Waals surface area contributed by atoms with Gasteiger partial charge in [-0.05, 0) is 37.5 Å². The monoisotopic (exact) mass is 348 g/mol. The van der Waals surface area contributed by atoms with E-state index >= 15 is 0 Å². The highest BCUT2D eigenvalue weighted by Gasteiger charge is 2.13. The van der Waals surface area contributed by atoms with E-state index in [2.05, 4.69) is 24.2 Å². The van der Waals surface area contributed by atoms with Crippen LogP contribution in [0.1, 0.15) is 37.0 Å². The number of nitrogens with one attached hydrogen (secondary N) is 1. The summed E-state index contributed by atoms with van der Waals surface area (Å²) < 4.78 is 1.58. The van der Waals surface area contributed by atoms with Crippen LogP contribution < -0.4 is 10.9 Å². The van der Waals surface area contributed by atoms with Gasteiger partial charge in [-0.1, -0.05) is 43.3 Å². The summed E-state index contributed by atoms with van der Waals surface area (Å²) in [5, 5.41) is 3.35. The van der Waals surface area contributed by atoms with E-state index in [9.17, 15) is 4.79 Å². The summed E-state index contributed by atoms with van der Waals surface area (Å²) in [5.41, 5.74) is 3.11. The molecule has 0 fully saturated rings. The van der Waals surface area contributed by atoms with E-state index in [0.717, 1.165) is 17.5 Å². The Hall–Kier alpha value is -2.95. The molecule has 0 spiro atoms. The third kappa shape index (κ3) is 3.82. The van der Waals surface area contributed by atoms with Crippen molar-refractivity contribution < 1.29 is 0 Å². The summed E-state index contributed by atoms with van der Waals surface area (Å²) in [4.78, 5) is 22.2. The van der Waals surface area contributed by atoms with E-state index in [1.165, 1.54) is 0 Å². The number of benzene rings is 1. The van der Waals surface area contributed by atoms with Gasteiger partial charge in [0.2, 0.25) is 0 Å². The molecule has 1 unspecified atom stereocenters. The molecule has 1 aromatic carbocycles. The smallest absolute Gasteiger partial charge is 0.268 e. The second-order valence-corrected chi connectivity index (χ2v) is 6.47. The van der Waals surface area contributed by atoms with E-state index in [-0.39, 0.29) is 11.6 Å². The highest BCUT2D eigenvalue weighted by atomic mass is 16.1. The molecule has 2 heterocycles. The first-order valence-electron chi connectivity index (χ1n) is 8.92. The molecule has 5 nitrogen and oxygen atoms in total. The van der Waals surface area contributed by atoms with Crippen molar-refractivity contribution in [2.24, 2.45) is 4.99 Å². The molecular formula is C21H24N4O. The molecule has 0 saturated carbocycles. The number of aliphatic imine (C=N–C) groups is 1. The van der Waals surface area contributed by atoms with E-state index in [1.54, 1.807) is 16.8 Å². The third-order valence-corrected chi connectivity index (χ3v) is 4.42. The molecule has 0 aliphatic rings. The van der Waals surface area contributed by atoms with E-state index < -0.39 is 0 Å². The zero-order valence-electron chi connectivity index (χ0n) is 15.4. The quantitative estimate of drug-likeness (QED) is 0.689. The molecule has 2 aromatic heterocycles. The van der Waals surface area contributed by atoms with Crippen molar-refractivity contribution in [3.8, 4) is 0 Å². The van der Waals surface area contributed by atoms with Crippen LogP contribution in [0.5, 0.6) is 0 Å². The number of nitrogens with zero attached hydrogens (tertiary/aromatic N) is 3. The summed E-state index contributed by atoms with van der Waals surface area (Å²) in [6.45, 7) is 6.66. The van der Waals surface area contributed by atoms with Crippen LogP contribution in [0.3, 0.4) is 0 Å². The van der Waals surface area contributed by atoms with Crippen LogP contribution in [-0.4, -0.2) is 21.6 Å². The van der Waals surface area contributed by atoms with Crippen LogP contribution >= 0.6 is 0 Å². The molecule has 5 heteroatoms. The topological polar surface area (TPSA) is 58.8 Å². The lowest BCUT2D eigenvalue weighted by Gasteiger charge is -2.15. The van der Waals surface area contributed by atoms with Gasteiger partial charge < -0.3 is 5.32 Å². The Morgan fingerprint density at radius 1 is 1.23 bits per heavy atom. The van der Waals surface area contributed by atoms with Crippen molar-refractivity contribution in [3.63, 3.8) is 0 Å². The second kappa shape index (κ2) is 7.95. The first-order valence-corrected chi connectivity index (χ1v) is 8.92. The molecule has 0 aliphatic carbocycles. The summed E-state index contributed by atoms with van der Waals surface area (Å²) in [5.74, 6) is 0.593. The summed E-state index contributed by atoms with van der Waals surface area (Å²) >= 11 is 0. The van der Waals surface area contributed by atoms with Crippen LogP contribution in [0.15, 0.2) is 58.4 Å². The van der Waals surface area contributed by atoms with E-state index in [0.29, 0.717) is 23.6 Å². The van der Waals surface area contributed by atoms with Crippen molar-refractivity contribution in [2.45, 2.75) is 39.8 Å². The number of anilines is 1. The Kier molecular flexibility index (Phi) is 5.46. The number of pyridine rings is 1. The van der Waals surface area contributed by atoms with Crippen molar-refractivity contribution in [3.05, 3.63) is 75.7 Å². The lowest BCUT2D eigenvalue weighted by atomic mass is 10.2. The molecule has 3 aromatic rings. The Balaban J connectivity index is 2.04. The van der Waals surface area contributed by atoms with E-state index in [4.69, 9.17) is 4.98 Å². The maximum absolute atomic E-state index is 13.0. The van der Waals surface area contributed by atoms with Gasteiger partial charge in [-0.2, -0.15) is 0 Å². The molecule has 1 N–H and O–H groups in total. The second-order valence-electron chi connectivity index (χ2n) is 6.47. The van der Waals surface area contributed by atoms with Crippen molar-refractivity contribution in [1.29, 1.82) is 0 Å². The van der Waals surface area contributed by atoms with Crippen molar-refractivity contribution in [2.75, 3.05) is 5.32 Å². The van der Waals surface area contributed by atoms with Crippen LogP contribution in [0.4, 0.5) is 5.82 Å². The largest absolute Gasteiger partial charge is 0.367 e. The van der Waals surface area contributed by atoms with Gasteiger partial charge in [0.15, 0.2) is 0 Å². The van der Waals surface area contributed by atoms with Crippen LogP contribution in [0.25, 0.3) is 5.65 Å². The summed E-state index contributed by atoms with van der Waals surface area (Å²) in [7, 11) is 0. The molecule has 0 radical (unpaired) electrons.